The largest absolute Gasteiger partial charge is 0.322 e. The fourth-order valence-corrected chi connectivity index (χ4v) is 2.41. The van der Waals surface area contributed by atoms with Crippen molar-refractivity contribution in [2.75, 3.05) is 5.32 Å². The maximum Gasteiger partial charge on any atom is 0.257 e. The Bertz CT molecular complexity index is 805. The molecule has 0 saturated carbocycles. The van der Waals surface area contributed by atoms with Crippen molar-refractivity contribution < 1.29 is 4.79 Å². The van der Waals surface area contributed by atoms with Gasteiger partial charge in [0.2, 0.25) is 0 Å². The van der Waals surface area contributed by atoms with Crippen LogP contribution < -0.4 is 5.32 Å². The molecule has 0 aliphatic carbocycles. The number of carbonyl (C=O) groups is 1. The van der Waals surface area contributed by atoms with Gasteiger partial charge in [-0.15, -0.1) is 5.10 Å². The van der Waals surface area contributed by atoms with Gasteiger partial charge in [0.05, 0.1) is 16.3 Å². The molecule has 0 aliphatic rings. The Morgan fingerprint density at radius 2 is 1.95 bits per heavy atom. The lowest BCUT2D eigenvalue weighted by atomic mass is 10.2. The van der Waals surface area contributed by atoms with Gasteiger partial charge < -0.3 is 5.32 Å². The van der Waals surface area contributed by atoms with Gasteiger partial charge >= 0.3 is 0 Å². The second-order valence-electron chi connectivity index (χ2n) is 4.38. The van der Waals surface area contributed by atoms with Gasteiger partial charge in [0.15, 0.2) is 0 Å². The molecule has 0 atom stereocenters. The smallest absolute Gasteiger partial charge is 0.257 e. The molecule has 0 fully saturated rings. The predicted molar refractivity (Wildman–Crippen MR) is 86.3 cm³/mol. The van der Waals surface area contributed by atoms with E-state index in [2.05, 4.69) is 36.8 Å². The van der Waals surface area contributed by atoms with Crippen molar-refractivity contribution in [3.05, 3.63) is 63.9 Å². The van der Waals surface area contributed by atoms with Crippen LogP contribution in [0.25, 0.3) is 5.69 Å². The monoisotopic (exact) mass is 377 g/mol. The Labute approximate surface area is 139 Å². The molecule has 1 heterocycles. The molecule has 6 nitrogen and oxygen atoms in total. The minimum Gasteiger partial charge on any atom is -0.322 e. The van der Waals surface area contributed by atoms with E-state index in [1.165, 1.54) is 11.0 Å². The number of tetrazole rings is 1. The van der Waals surface area contributed by atoms with E-state index < -0.39 is 0 Å². The molecular formula is C14H9BrClN5O. The summed E-state index contributed by atoms with van der Waals surface area (Å²) in [7, 11) is 0. The molecule has 0 saturated heterocycles. The van der Waals surface area contributed by atoms with Crippen molar-refractivity contribution in [1.29, 1.82) is 0 Å². The number of rotatable bonds is 3. The van der Waals surface area contributed by atoms with Crippen LogP contribution in [0.3, 0.4) is 0 Å². The third-order valence-electron chi connectivity index (χ3n) is 2.91. The number of halogens is 2. The van der Waals surface area contributed by atoms with E-state index in [0.717, 1.165) is 10.2 Å². The standard InChI is InChI=1S/C14H9BrClN5O/c15-9-1-6-13(16)12(7-9)14(22)18-10-2-4-11(5-3-10)21-8-17-19-20-21/h1-8H,(H,18,22). The molecule has 2 aromatic carbocycles. The molecule has 1 N–H and O–H groups in total. The molecule has 0 unspecified atom stereocenters. The first kappa shape index (κ1) is 14.7. The topological polar surface area (TPSA) is 72.7 Å². The van der Waals surface area contributed by atoms with Crippen molar-refractivity contribution in [1.82, 2.24) is 20.2 Å². The molecule has 1 aromatic heterocycles. The van der Waals surface area contributed by atoms with E-state index in [9.17, 15) is 4.79 Å². The number of hydrogen-bond donors (Lipinski definition) is 1. The summed E-state index contributed by atoms with van der Waals surface area (Å²) in [5.41, 5.74) is 1.85. The lowest BCUT2D eigenvalue weighted by molar-refractivity contribution is 0.102. The Balaban J connectivity index is 1.78. The summed E-state index contributed by atoms with van der Waals surface area (Å²) in [5.74, 6) is -0.276. The summed E-state index contributed by atoms with van der Waals surface area (Å²) in [6, 6.07) is 12.2. The Morgan fingerprint density at radius 3 is 2.64 bits per heavy atom. The first-order valence-corrected chi connectivity index (χ1v) is 7.40. The maximum atomic E-state index is 12.2. The fraction of sp³-hybridized carbons (Fsp3) is 0. The molecule has 1 amide bonds. The van der Waals surface area contributed by atoms with Crippen LogP contribution in [0.2, 0.25) is 5.02 Å². The van der Waals surface area contributed by atoms with Gasteiger partial charge in [0.25, 0.3) is 5.91 Å². The van der Waals surface area contributed by atoms with E-state index >= 15 is 0 Å². The zero-order valence-electron chi connectivity index (χ0n) is 11.1. The summed E-state index contributed by atoms with van der Waals surface area (Å²) >= 11 is 9.36. The van der Waals surface area contributed by atoms with Crippen molar-refractivity contribution in [3.63, 3.8) is 0 Å². The van der Waals surface area contributed by atoms with E-state index in [4.69, 9.17) is 11.6 Å². The van der Waals surface area contributed by atoms with Gasteiger partial charge in [-0.2, -0.15) is 0 Å². The summed E-state index contributed by atoms with van der Waals surface area (Å²) in [6.07, 6.45) is 1.49. The van der Waals surface area contributed by atoms with Crippen LogP contribution in [0, 0.1) is 0 Å². The van der Waals surface area contributed by atoms with Crippen LogP contribution in [0.15, 0.2) is 53.3 Å². The van der Waals surface area contributed by atoms with Gasteiger partial charge in [-0.1, -0.05) is 27.5 Å². The minimum absolute atomic E-state index is 0.276. The van der Waals surface area contributed by atoms with E-state index in [0.29, 0.717) is 16.3 Å². The summed E-state index contributed by atoms with van der Waals surface area (Å²) in [5, 5.41) is 14.1. The van der Waals surface area contributed by atoms with Crippen LogP contribution in [0.1, 0.15) is 10.4 Å². The fourth-order valence-electron chi connectivity index (χ4n) is 1.85. The van der Waals surface area contributed by atoms with Crippen molar-refractivity contribution >= 4 is 39.1 Å². The highest BCUT2D eigenvalue weighted by Gasteiger charge is 2.11. The normalized spacial score (nSPS) is 10.5. The number of benzene rings is 2. The SMILES string of the molecule is O=C(Nc1ccc(-n2cnnn2)cc1)c1cc(Br)ccc1Cl. The average molecular weight is 379 g/mol. The molecule has 0 bridgehead atoms. The van der Waals surface area contributed by atoms with Crippen molar-refractivity contribution in [3.8, 4) is 5.69 Å². The second kappa shape index (κ2) is 6.25. The van der Waals surface area contributed by atoms with Crippen LogP contribution in [0.5, 0.6) is 0 Å². The Kier molecular flexibility index (Phi) is 4.17. The highest BCUT2D eigenvalue weighted by molar-refractivity contribution is 9.10. The number of nitrogens with one attached hydrogen (secondary N) is 1. The van der Waals surface area contributed by atoms with E-state index in [-0.39, 0.29) is 5.91 Å². The number of amides is 1. The van der Waals surface area contributed by atoms with Crippen LogP contribution in [-0.2, 0) is 0 Å². The number of anilines is 1. The zero-order chi connectivity index (χ0) is 15.5. The first-order chi connectivity index (χ1) is 10.6. The number of hydrogen-bond acceptors (Lipinski definition) is 4. The van der Waals surface area contributed by atoms with Gasteiger partial charge in [0.1, 0.15) is 6.33 Å². The van der Waals surface area contributed by atoms with Crippen molar-refractivity contribution in [2.45, 2.75) is 0 Å². The number of carbonyl (C=O) groups excluding carboxylic acids is 1. The minimum atomic E-state index is -0.276. The van der Waals surface area contributed by atoms with Gasteiger partial charge in [-0.25, -0.2) is 4.68 Å². The second-order valence-corrected chi connectivity index (χ2v) is 5.70. The molecule has 0 aliphatic heterocycles. The molecule has 0 spiro atoms. The maximum absolute atomic E-state index is 12.2. The molecule has 22 heavy (non-hydrogen) atoms. The highest BCUT2D eigenvalue weighted by Crippen LogP contribution is 2.22. The van der Waals surface area contributed by atoms with Gasteiger partial charge in [-0.05, 0) is 52.9 Å². The molecule has 3 rings (SSSR count). The van der Waals surface area contributed by atoms with Gasteiger partial charge in [0, 0.05) is 10.2 Å². The molecule has 3 aromatic rings. The van der Waals surface area contributed by atoms with Gasteiger partial charge in [-0.3, -0.25) is 4.79 Å². The molecule has 110 valence electrons. The summed E-state index contributed by atoms with van der Waals surface area (Å²) in [4.78, 5) is 12.2. The summed E-state index contributed by atoms with van der Waals surface area (Å²) in [6.45, 7) is 0. The van der Waals surface area contributed by atoms with E-state index in [1.54, 1.807) is 42.5 Å². The third-order valence-corrected chi connectivity index (χ3v) is 3.73. The third kappa shape index (κ3) is 3.15. The predicted octanol–water partition coefficient (Wildman–Crippen LogP) is 3.33. The van der Waals surface area contributed by atoms with E-state index in [1.807, 2.05) is 0 Å². The highest BCUT2D eigenvalue weighted by atomic mass is 79.9. The Hall–Kier alpha value is -2.25. The average Bonchev–Trinajstić information content (AvgIpc) is 3.05. The lowest BCUT2D eigenvalue weighted by Gasteiger charge is -2.08. The molecular weight excluding hydrogens is 370 g/mol. The molecule has 0 radical (unpaired) electrons. The zero-order valence-corrected chi connectivity index (χ0v) is 13.4. The first-order valence-electron chi connectivity index (χ1n) is 6.23. The van der Waals surface area contributed by atoms with Crippen LogP contribution >= 0.6 is 27.5 Å². The van der Waals surface area contributed by atoms with Crippen LogP contribution in [-0.4, -0.2) is 26.1 Å². The Morgan fingerprint density at radius 1 is 1.18 bits per heavy atom. The quantitative estimate of drug-likeness (QED) is 0.759. The number of aromatic nitrogens is 4. The van der Waals surface area contributed by atoms with Crippen LogP contribution in [0.4, 0.5) is 5.69 Å². The summed E-state index contributed by atoms with van der Waals surface area (Å²) < 4.78 is 2.31. The van der Waals surface area contributed by atoms with Crippen molar-refractivity contribution in [2.24, 2.45) is 0 Å². The number of nitrogens with zero attached hydrogens (tertiary/aromatic N) is 4. The lowest BCUT2D eigenvalue weighted by Crippen LogP contribution is -2.12. The molecule has 8 heteroatoms.